The molecule has 0 saturated carbocycles. The lowest BCUT2D eigenvalue weighted by Gasteiger charge is -2.38. The Hall–Kier alpha value is -2.37. The summed E-state index contributed by atoms with van der Waals surface area (Å²) in [5, 5.41) is 2.48. The highest BCUT2D eigenvalue weighted by molar-refractivity contribution is 5.97. The summed E-state index contributed by atoms with van der Waals surface area (Å²) in [4.78, 5) is 37.3. The molecule has 1 aromatic carbocycles. The minimum absolute atomic E-state index is 0.303. The van der Waals surface area contributed by atoms with Crippen molar-refractivity contribution in [1.82, 2.24) is 10.2 Å². The van der Waals surface area contributed by atoms with Gasteiger partial charge in [0.2, 0.25) is 5.91 Å². The SMILES string of the molecule is CCCN1C(=O)C(OC(C)=O)NC(=O)C1Cc1ccccc1. The second kappa shape index (κ2) is 7.06. The van der Waals surface area contributed by atoms with Crippen LogP contribution in [0.1, 0.15) is 25.8 Å². The molecule has 0 radical (unpaired) electrons. The van der Waals surface area contributed by atoms with Crippen molar-refractivity contribution in [3.63, 3.8) is 0 Å². The third-order valence-corrected chi connectivity index (χ3v) is 3.48. The number of nitrogens with zero attached hydrogens (tertiary/aromatic N) is 1. The Kier molecular flexibility index (Phi) is 5.14. The Morgan fingerprint density at radius 3 is 2.55 bits per heavy atom. The van der Waals surface area contributed by atoms with Gasteiger partial charge in [0, 0.05) is 19.9 Å². The van der Waals surface area contributed by atoms with E-state index in [1.807, 2.05) is 37.3 Å². The molecule has 2 unspecified atom stereocenters. The van der Waals surface area contributed by atoms with Crippen LogP contribution >= 0.6 is 0 Å². The summed E-state index contributed by atoms with van der Waals surface area (Å²) in [6, 6.07) is 8.94. The molecule has 22 heavy (non-hydrogen) atoms. The molecule has 1 aromatic rings. The number of ether oxygens (including phenoxy) is 1. The molecule has 1 fully saturated rings. The molecule has 0 aliphatic carbocycles. The lowest BCUT2D eigenvalue weighted by atomic mass is 10.0. The molecule has 2 atom stereocenters. The quantitative estimate of drug-likeness (QED) is 0.819. The summed E-state index contributed by atoms with van der Waals surface area (Å²) in [6.07, 6.45) is -0.0638. The molecule has 6 nitrogen and oxygen atoms in total. The van der Waals surface area contributed by atoms with Crippen LogP contribution in [0.4, 0.5) is 0 Å². The largest absolute Gasteiger partial charge is 0.432 e. The normalized spacial score (nSPS) is 21.5. The second-order valence-electron chi connectivity index (χ2n) is 5.24. The first kappa shape index (κ1) is 16.0. The van der Waals surface area contributed by atoms with Crippen LogP contribution in [0.25, 0.3) is 0 Å². The number of nitrogens with one attached hydrogen (secondary N) is 1. The Morgan fingerprint density at radius 2 is 1.95 bits per heavy atom. The number of carbonyl (C=O) groups excluding carboxylic acids is 3. The highest BCUT2D eigenvalue weighted by Gasteiger charge is 2.41. The van der Waals surface area contributed by atoms with Gasteiger partial charge in [0.1, 0.15) is 6.04 Å². The summed E-state index contributed by atoms with van der Waals surface area (Å²) in [7, 11) is 0. The maximum atomic E-state index is 12.4. The molecule has 2 amide bonds. The topological polar surface area (TPSA) is 75.7 Å². The molecular formula is C16H20N2O4. The van der Waals surface area contributed by atoms with E-state index in [0.717, 1.165) is 12.0 Å². The molecule has 2 rings (SSSR count). The van der Waals surface area contributed by atoms with Gasteiger partial charge in [-0.1, -0.05) is 37.3 Å². The van der Waals surface area contributed by atoms with Crippen molar-refractivity contribution < 1.29 is 19.1 Å². The van der Waals surface area contributed by atoms with Crippen LogP contribution in [-0.4, -0.2) is 41.5 Å². The van der Waals surface area contributed by atoms with Crippen LogP contribution < -0.4 is 5.32 Å². The molecule has 0 aromatic heterocycles. The third kappa shape index (κ3) is 3.63. The molecule has 1 heterocycles. The first-order valence-corrected chi connectivity index (χ1v) is 7.35. The van der Waals surface area contributed by atoms with E-state index in [4.69, 9.17) is 4.74 Å². The van der Waals surface area contributed by atoms with Gasteiger partial charge in [-0.2, -0.15) is 0 Å². The number of amides is 2. The van der Waals surface area contributed by atoms with Gasteiger partial charge in [-0.3, -0.25) is 14.4 Å². The molecule has 118 valence electrons. The zero-order valence-corrected chi connectivity index (χ0v) is 12.7. The zero-order chi connectivity index (χ0) is 16.1. The fourth-order valence-corrected chi connectivity index (χ4v) is 2.53. The van der Waals surface area contributed by atoms with Gasteiger partial charge < -0.3 is 15.0 Å². The van der Waals surface area contributed by atoms with Gasteiger partial charge in [0.25, 0.3) is 12.1 Å². The lowest BCUT2D eigenvalue weighted by molar-refractivity contribution is -0.170. The van der Waals surface area contributed by atoms with Crippen molar-refractivity contribution in [3.05, 3.63) is 35.9 Å². The number of benzene rings is 1. The predicted octanol–water partition coefficient (Wildman–Crippen LogP) is 0.855. The van der Waals surface area contributed by atoms with Crippen molar-refractivity contribution in [2.75, 3.05) is 6.54 Å². The number of hydrogen-bond acceptors (Lipinski definition) is 4. The summed E-state index contributed by atoms with van der Waals surface area (Å²) < 4.78 is 4.89. The van der Waals surface area contributed by atoms with Gasteiger partial charge in [0.05, 0.1) is 0 Å². The van der Waals surface area contributed by atoms with E-state index in [1.165, 1.54) is 11.8 Å². The number of carbonyl (C=O) groups is 3. The lowest BCUT2D eigenvalue weighted by Crippen LogP contribution is -2.65. The number of piperazine rings is 1. The summed E-state index contributed by atoms with van der Waals surface area (Å²) >= 11 is 0. The van der Waals surface area contributed by atoms with Crippen molar-refractivity contribution in [1.29, 1.82) is 0 Å². The summed E-state index contributed by atoms with van der Waals surface area (Å²) in [5.74, 6) is -1.28. The van der Waals surface area contributed by atoms with Gasteiger partial charge in [-0.15, -0.1) is 0 Å². The van der Waals surface area contributed by atoms with Crippen LogP contribution in [0.15, 0.2) is 30.3 Å². The van der Waals surface area contributed by atoms with Gasteiger partial charge in [-0.05, 0) is 12.0 Å². The maximum Gasteiger partial charge on any atom is 0.304 e. The highest BCUT2D eigenvalue weighted by Crippen LogP contribution is 2.16. The zero-order valence-electron chi connectivity index (χ0n) is 12.7. The molecule has 0 bridgehead atoms. The fraction of sp³-hybridized carbons (Fsp3) is 0.438. The van der Waals surface area contributed by atoms with Crippen LogP contribution in [0.2, 0.25) is 0 Å². The molecule has 0 spiro atoms. The molecule has 6 heteroatoms. The van der Waals surface area contributed by atoms with Gasteiger partial charge in [-0.25, -0.2) is 0 Å². The average molecular weight is 304 g/mol. The van der Waals surface area contributed by atoms with Crippen LogP contribution in [0.3, 0.4) is 0 Å². The average Bonchev–Trinajstić information content (AvgIpc) is 2.48. The van der Waals surface area contributed by atoms with E-state index >= 15 is 0 Å². The summed E-state index contributed by atoms with van der Waals surface area (Å²) in [5.41, 5.74) is 0.975. The van der Waals surface area contributed by atoms with Gasteiger partial charge >= 0.3 is 5.97 Å². The second-order valence-corrected chi connectivity index (χ2v) is 5.24. The predicted molar refractivity (Wildman–Crippen MR) is 79.6 cm³/mol. The number of rotatable bonds is 5. The smallest absolute Gasteiger partial charge is 0.304 e. The van der Waals surface area contributed by atoms with Crippen molar-refractivity contribution in [3.8, 4) is 0 Å². The Bertz CT molecular complexity index is 559. The van der Waals surface area contributed by atoms with Crippen molar-refractivity contribution in [2.45, 2.75) is 39.0 Å². The van der Waals surface area contributed by atoms with E-state index in [-0.39, 0.29) is 11.8 Å². The van der Waals surface area contributed by atoms with Crippen molar-refractivity contribution in [2.24, 2.45) is 0 Å². The molecule has 1 saturated heterocycles. The minimum Gasteiger partial charge on any atom is -0.432 e. The molecule has 1 N–H and O–H groups in total. The van der Waals surface area contributed by atoms with E-state index in [1.54, 1.807) is 0 Å². The molecule has 1 aliphatic heterocycles. The maximum absolute atomic E-state index is 12.4. The van der Waals surface area contributed by atoms with Gasteiger partial charge in [0.15, 0.2) is 0 Å². The van der Waals surface area contributed by atoms with Crippen LogP contribution in [-0.2, 0) is 25.5 Å². The molecular weight excluding hydrogens is 284 g/mol. The Balaban J connectivity index is 2.19. The van der Waals surface area contributed by atoms with Crippen molar-refractivity contribution >= 4 is 17.8 Å². The minimum atomic E-state index is -1.22. The number of esters is 1. The Morgan fingerprint density at radius 1 is 1.27 bits per heavy atom. The monoisotopic (exact) mass is 304 g/mol. The Labute approximate surface area is 129 Å². The van der Waals surface area contributed by atoms with E-state index in [0.29, 0.717) is 13.0 Å². The fourth-order valence-electron chi connectivity index (χ4n) is 2.53. The van der Waals surface area contributed by atoms with E-state index < -0.39 is 18.2 Å². The summed E-state index contributed by atoms with van der Waals surface area (Å²) in [6.45, 7) is 3.58. The highest BCUT2D eigenvalue weighted by atomic mass is 16.6. The first-order valence-electron chi connectivity index (χ1n) is 7.35. The first-order chi connectivity index (χ1) is 10.5. The van der Waals surface area contributed by atoms with Crippen LogP contribution in [0.5, 0.6) is 0 Å². The number of hydrogen-bond donors (Lipinski definition) is 1. The standard InChI is InChI=1S/C16H20N2O4/c1-3-9-18-13(10-12-7-5-4-6-8-12)14(20)17-15(16(18)21)22-11(2)19/h4-8,13,15H,3,9-10H2,1-2H3,(H,17,20). The van der Waals surface area contributed by atoms with Crippen LogP contribution in [0, 0.1) is 0 Å². The van der Waals surface area contributed by atoms with E-state index in [2.05, 4.69) is 5.32 Å². The third-order valence-electron chi connectivity index (χ3n) is 3.48. The molecule has 1 aliphatic rings. The van der Waals surface area contributed by atoms with E-state index in [9.17, 15) is 14.4 Å².